The van der Waals surface area contributed by atoms with Gasteiger partial charge >= 0.3 is 0 Å². The second-order valence-corrected chi connectivity index (χ2v) is 6.20. The third-order valence-corrected chi connectivity index (χ3v) is 4.36. The van der Waals surface area contributed by atoms with Crippen molar-refractivity contribution in [1.29, 1.82) is 0 Å². The molecule has 3 aromatic carbocycles. The van der Waals surface area contributed by atoms with Gasteiger partial charge < -0.3 is 19.5 Å². The number of fused-ring (bicyclic) bond motifs is 2. The fraction of sp³-hybridized carbons (Fsp3) is 0.190. The number of benzene rings is 3. The lowest BCUT2D eigenvalue weighted by Crippen LogP contribution is -2.31. The summed E-state index contributed by atoms with van der Waals surface area (Å²) in [4.78, 5) is 12.2. The van der Waals surface area contributed by atoms with Gasteiger partial charge in [0.2, 0.25) is 6.79 Å². The number of ether oxygens (including phenoxy) is 3. The van der Waals surface area contributed by atoms with Gasteiger partial charge in [0, 0.05) is 6.07 Å². The third kappa shape index (κ3) is 3.42. The molecule has 4 rings (SSSR count). The van der Waals surface area contributed by atoms with Crippen molar-refractivity contribution in [3.8, 4) is 17.2 Å². The summed E-state index contributed by atoms with van der Waals surface area (Å²) in [6, 6.07) is 19.5. The van der Waals surface area contributed by atoms with E-state index < -0.39 is 0 Å². The van der Waals surface area contributed by atoms with Crippen LogP contribution in [0.2, 0.25) is 0 Å². The summed E-state index contributed by atoms with van der Waals surface area (Å²) < 4.78 is 16.1. The zero-order valence-electron chi connectivity index (χ0n) is 14.4. The summed E-state index contributed by atoms with van der Waals surface area (Å²) in [5.74, 6) is 1.71. The van der Waals surface area contributed by atoms with E-state index in [0.717, 1.165) is 10.9 Å². The number of amides is 1. The molecule has 0 fully saturated rings. The number of hydrogen-bond donors (Lipinski definition) is 1. The van der Waals surface area contributed by atoms with E-state index in [1.165, 1.54) is 5.39 Å². The van der Waals surface area contributed by atoms with Crippen LogP contribution in [-0.4, -0.2) is 19.3 Å². The predicted molar refractivity (Wildman–Crippen MR) is 98.6 cm³/mol. The monoisotopic (exact) mass is 349 g/mol. The van der Waals surface area contributed by atoms with Crippen LogP contribution in [0.3, 0.4) is 0 Å². The van der Waals surface area contributed by atoms with Crippen molar-refractivity contribution in [2.75, 3.05) is 13.4 Å². The molecule has 1 aliphatic rings. The first-order valence-corrected chi connectivity index (χ1v) is 8.49. The summed E-state index contributed by atoms with van der Waals surface area (Å²) >= 11 is 0. The van der Waals surface area contributed by atoms with Gasteiger partial charge in [-0.15, -0.1) is 0 Å². The van der Waals surface area contributed by atoms with E-state index >= 15 is 0 Å². The molecule has 0 aromatic heterocycles. The Kier molecular flexibility index (Phi) is 4.35. The summed E-state index contributed by atoms with van der Waals surface area (Å²) in [6.45, 7) is 2.11. The Morgan fingerprint density at radius 2 is 1.85 bits per heavy atom. The molecule has 3 aromatic rings. The molecule has 5 heteroatoms. The van der Waals surface area contributed by atoms with Crippen LogP contribution in [-0.2, 0) is 4.79 Å². The first-order chi connectivity index (χ1) is 12.7. The topological polar surface area (TPSA) is 56.8 Å². The maximum absolute atomic E-state index is 12.2. The standard InChI is InChI=1S/C21H19NO4/c1-14(16-7-6-15-4-2-3-5-17(15)10-16)22-21(23)12-24-18-8-9-19-20(11-18)26-13-25-19/h2-11,14H,12-13H2,1H3,(H,22,23). The number of carbonyl (C=O) groups excluding carboxylic acids is 1. The van der Waals surface area contributed by atoms with Crippen molar-refractivity contribution in [2.24, 2.45) is 0 Å². The maximum Gasteiger partial charge on any atom is 0.258 e. The van der Waals surface area contributed by atoms with Crippen molar-refractivity contribution < 1.29 is 19.0 Å². The molecule has 0 saturated heterocycles. The van der Waals surface area contributed by atoms with Crippen molar-refractivity contribution in [2.45, 2.75) is 13.0 Å². The van der Waals surface area contributed by atoms with Crippen molar-refractivity contribution in [3.05, 3.63) is 66.2 Å². The molecule has 1 N–H and O–H groups in total. The lowest BCUT2D eigenvalue weighted by Gasteiger charge is -2.15. The third-order valence-electron chi connectivity index (χ3n) is 4.36. The van der Waals surface area contributed by atoms with Gasteiger partial charge in [0.25, 0.3) is 5.91 Å². The fourth-order valence-electron chi connectivity index (χ4n) is 2.96. The van der Waals surface area contributed by atoms with E-state index in [-0.39, 0.29) is 25.3 Å². The van der Waals surface area contributed by atoms with Crippen LogP contribution in [0.5, 0.6) is 17.2 Å². The van der Waals surface area contributed by atoms with Crippen molar-refractivity contribution >= 4 is 16.7 Å². The molecule has 0 bridgehead atoms. The van der Waals surface area contributed by atoms with Crippen LogP contribution < -0.4 is 19.5 Å². The van der Waals surface area contributed by atoms with Gasteiger partial charge in [-0.2, -0.15) is 0 Å². The van der Waals surface area contributed by atoms with E-state index in [2.05, 4.69) is 29.6 Å². The van der Waals surface area contributed by atoms with Crippen LogP contribution in [0.25, 0.3) is 10.8 Å². The Balaban J connectivity index is 1.36. The molecule has 1 heterocycles. The molecule has 0 saturated carbocycles. The van der Waals surface area contributed by atoms with Gasteiger partial charge in [-0.1, -0.05) is 36.4 Å². The molecular weight excluding hydrogens is 330 g/mol. The van der Waals surface area contributed by atoms with E-state index in [9.17, 15) is 4.79 Å². The van der Waals surface area contributed by atoms with Crippen molar-refractivity contribution in [1.82, 2.24) is 5.32 Å². The van der Waals surface area contributed by atoms with E-state index in [4.69, 9.17) is 14.2 Å². The minimum atomic E-state index is -0.177. The van der Waals surface area contributed by atoms with E-state index in [1.807, 2.05) is 25.1 Å². The Bertz CT molecular complexity index is 954. The fourth-order valence-corrected chi connectivity index (χ4v) is 2.96. The second-order valence-electron chi connectivity index (χ2n) is 6.20. The molecule has 1 atom stereocenters. The number of carbonyl (C=O) groups is 1. The molecule has 132 valence electrons. The largest absolute Gasteiger partial charge is 0.484 e. The van der Waals surface area contributed by atoms with E-state index in [0.29, 0.717) is 17.2 Å². The summed E-state index contributed by atoms with van der Waals surface area (Å²) in [7, 11) is 0. The molecule has 1 unspecified atom stereocenters. The Labute approximate surface area is 151 Å². The van der Waals surface area contributed by atoms with Gasteiger partial charge in [0.05, 0.1) is 6.04 Å². The molecule has 26 heavy (non-hydrogen) atoms. The molecule has 1 aliphatic heterocycles. The van der Waals surface area contributed by atoms with Gasteiger partial charge in [0.1, 0.15) is 5.75 Å². The average Bonchev–Trinajstić information content (AvgIpc) is 3.13. The quantitative estimate of drug-likeness (QED) is 0.761. The van der Waals surface area contributed by atoms with Gasteiger partial charge in [-0.25, -0.2) is 0 Å². The highest BCUT2D eigenvalue weighted by Gasteiger charge is 2.15. The highest BCUT2D eigenvalue weighted by atomic mass is 16.7. The zero-order chi connectivity index (χ0) is 17.9. The van der Waals surface area contributed by atoms with Crippen LogP contribution in [0, 0.1) is 0 Å². The lowest BCUT2D eigenvalue weighted by molar-refractivity contribution is -0.123. The molecule has 1 amide bonds. The minimum absolute atomic E-state index is 0.0580. The number of rotatable bonds is 5. The maximum atomic E-state index is 12.2. The first-order valence-electron chi connectivity index (χ1n) is 8.49. The zero-order valence-corrected chi connectivity index (χ0v) is 14.4. The Morgan fingerprint density at radius 3 is 2.73 bits per heavy atom. The SMILES string of the molecule is CC(NC(=O)COc1ccc2c(c1)OCO2)c1ccc2ccccc2c1. The van der Waals surface area contributed by atoms with E-state index in [1.54, 1.807) is 18.2 Å². The first kappa shape index (κ1) is 16.3. The summed E-state index contributed by atoms with van der Waals surface area (Å²) in [5, 5.41) is 5.30. The molecule has 0 radical (unpaired) electrons. The number of nitrogens with one attached hydrogen (secondary N) is 1. The second kappa shape index (κ2) is 6.96. The lowest BCUT2D eigenvalue weighted by atomic mass is 10.0. The molecule has 0 aliphatic carbocycles. The van der Waals surface area contributed by atoms with Crippen LogP contribution in [0.15, 0.2) is 60.7 Å². The predicted octanol–water partition coefficient (Wildman–Crippen LogP) is 3.82. The molecule has 0 spiro atoms. The smallest absolute Gasteiger partial charge is 0.258 e. The summed E-state index contributed by atoms with van der Waals surface area (Å²) in [6.07, 6.45) is 0. The highest BCUT2D eigenvalue weighted by molar-refractivity contribution is 5.83. The van der Waals surface area contributed by atoms with Gasteiger partial charge in [-0.3, -0.25) is 4.79 Å². The minimum Gasteiger partial charge on any atom is -0.484 e. The van der Waals surface area contributed by atoms with Crippen LogP contribution in [0.1, 0.15) is 18.5 Å². The Hall–Kier alpha value is -3.21. The molecular formula is C21H19NO4. The van der Waals surface area contributed by atoms with Gasteiger partial charge in [-0.05, 0) is 41.5 Å². The van der Waals surface area contributed by atoms with Crippen molar-refractivity contribution in [3.63, 3.8) is 0 Å². The average molecular weight is 349 g/mol. The van der Waals surface area contributed by atoms with Crippen LogP contribution in [0.4, 0.5) is 0 Å². The van der Waals surface area contributed by atoms with Gasteiger partial charge in [0.15, 0.2) is 18.1 Å². The molecule has 5 nitrogen and oxygen atoms in total. The highest BCUT2D eigenvalue weighted by Crippen LogP contribution is 2.35. The van der Waals surface area contributed by atoms with Crippen LogP contribution >= 0.6 is 0 Å². The summed E-state index contributed by atoms with van der Waals surface area (Å²) in [5.41, 5.74) is 1.06. The number of hydrogen-bond acceptors (Lipinski definition) is 4. The normalized spacial score (nSPS) is 13.4. The Morgan fingerprint density at radius 1 is 1.04 bits per heavy atom.